The second kappa shape index (κ2) is 5.10. The van der Waals surface area contributed by atoms with Gasteiger partial charge in [0.05, 0.1) is 23.4 Å². The minimum atomic E-state index is -0.624. The molecule has 0 N–H and O–H groups in total. The molecule has 0 unspecified atom stereocenters. The van der Waals surface area contributed by atoms with Crippen molar-refractivity contribution in [1.29, 1.82) is 0 Å². The molecule has 0 amide bonds. The first-order valence-corrected chi connectivity index (χ1v) is 5.34. The third-order valence-electron chi connectivity index (χ3n) is 2.26. The molecule has 0 aliphatic heterocycles. The summed E-state index contributed by atoms with van der Waals surface area (Å²) in [6.07, 6.45) is 2.69. The second-order valence-electron chi connectivity index (χ2n) is 3.44. The number of aromatic nitrogens is 2. The zero-order chi connectivity index (χ0) is 13.1. The van der Waals surface area contributed by atoms with Crippen molar-refractivity contribution in [2.75, 3.05) is 7.11 Å². The summed E-state index contributed by atoms with van der Waals surface area (Å²) in [6, 6.07) is 3.79. The summed E-state index contributed by atoms with van der Waals surface area (Å²) < 4.78 is 18.0. The molecule has 0 aliphatic rings. The standard InChI is InChI=1S/C12H8ClFN2O2/c1-18-12(17)8-2-7(3-9(14)4-8)11-10(13)5-15-6-16-11/h2-6H,1H3. The van der Waals surface area contributed by atoms with Crippen LogP contribution in [0, 0.1) is 5.82 Å². The number of carbonyl (C=O) groups is 1. The first-order valence-electron chi connectivity index (χ1n) is 4.96. The van der Waals surface area contributed by atoms with Gasteiger partial charge in [-0.3, -0.25) is 0 Å². The van der Waals surface area contributed by atoms with Crippen LogP contribution in [0.25, 0.3) is 11.3 Å². The topological polar surface area (TPSA) is 52.1 Å². The molecule has 4 nitrogen and oxygen atoms in total. The van der Waals surface area contributed by atoms with Crippen LogP contribution in [0.2, 0.25) is 5.02 Å². The molecule has 0 atom stereocenters. The van der Waals surface area contributed by atoms with Crippen LogP contribution in [-0.2, 0) is 4.74 Å². The molecule has 18 heavy (non-hydrogen) atoms. The van der Waals surface area contributed by atoms with Crippen molar-refractivity contribution >= 4 is 17.6 Å². The number of rotatable bonds is 2. The van der Waals surface area contributed by atoms with E-state index >= 15 is 0 Å². The number of nitrogens with zero attached hydrogens (tertiary/aromatic N) is 2. The van der Waals surface area contributed by atoms with Crippen molar-refractivity contribution in [2.45, 2.75) is 0 Å². The van der Waals surface area contributed by atoms with Gasteiger partial charge in [-0.05, 0) is 18.2 Å². The van der Waals surface area contributed by atoms with Crippen LogP contribution in [0.3, 0.4) is 0 Å². The molecule has 2 aromatic rings. The lowest BCUT2D eigenvalue weighted by Crippen LogP contribution is -2.02. The average Bonchev–Trinajstić information content (AvgIpc) is 2.37. The Hall–Kier alpha value is -2.01. The van der Waals surface area contributed by atoms with E-state index in [1.54, 1.807) is 0 Å². The zero-order valence-corrected chi connectivity index (χ0v) is 10.1. The van der Waals surface area contributed by atoms with Crippen LogP contribution in [0.15, 0.2) is 30.7 Å². The minimum absolute atomic E-state index is 0.0992. The molecule has 0 fully saturated rings. The van der Waals surface area contributed by atoms with Crippen LogP contribution in [0.1, 0.15) is 10.4 Å². The van der Waals surface area contributed by atoms with E-state index in [0.717, 1.165) is 6.07 Å². The molecule has 1 aromatic heterocycles. The fraction of sp³-hybridized carbons (Fsp3) is 0.0833. The Labute approximate surface area is 107 Å². The predicted octanol–water partition coefficient (Wildman–Crippen LogP) is 2.72. The van der Waals surface area contributed by atoms with Gasteiger partial charge < -0.3 is 4.74 Å². The Morgan fingerprint density at radius 1 is 1.39 bits per heavy atom. The van der Waals surface area contributed by atoms with Crippen molar-refractivity contribution in [2.24, 2.45) is 0 Å². The van der Waals surface area contributed by atoms with E-state index in [-0.39, 0.29) is 10.6 Å². The number of hydrogen-bond acceptors (Lipinski definition) is 4. The zero-order valence-electron chi connectivity index (χ0n) is 9.35. The molecule has 0 saturated carbocycles. The Bertz CT molecular complexity index is 604. The highest BCUT2D eigenvalue weighted by Gasteiger charge is 2.12. The van der Waals surface area contributed by atoms with E-state index in [0.29, 0.717) is 11.3 Å². The summed E-state index contributed by atoms with van der Waals surface area (Å²) in [5.41, 5.74) is 0.848. The molecule has 2 rings (SSSR count). The summed E-state index contributed by atoms with van der Waals surface area (Å²) in [4.78, 5) is 19.1. The first-order chi connectivity index (χ1) is 8.61. The van der Waals surface area contributed by atoms with Crippen molar-refractivity contribution < 1.29 is 13.9 Å². The van der Waals surface area contributed by atoms with Gasteiger partial charge >= 0.3 is 5.97 Å². The van der Waals surface area contributed by atoms with Gasteiger partial charge in [0.15, 0.2) is 0 Å². The van der Waals surface area contributed by atoms with Crippen LogP contribution >= 0.6 is 11.6 Å². The van der Waals surface area contributed by atoms with Gasteiger partial charge in [0.25, 0.3) is 0 Å². The molecule has 0 bridgehead atoms. The number of hydrogen-bond donors (Lipinski definition) is 0. The molecule has 0 saturated heterocycles. The molecule has 0 spiro atoms. The normalized spacial score (nSPS) is 10.2. The third-order valence-corrected chi connectivity index (χ3v) is 2.54. The molecule has 1 aromatic carbocycles. The SMILES string of the molecule is COC(=O)c1cc(F)cc(-c2ncncc2Cl)c1. The van der Waals surface area contributed by atoms with Crippen molar-refractivity contribution in [3.8, 4) is 11.3 Å². The highest BCUT2D eigenvalue weighted by Crippen LogP contribution is 2.26. The van der Waals surface area contributed by atoms with Crippen LogP contribution in [0.4, 0.5) is 4.39 Å². The van der Waals surface area contributed by atoms with E-state index in [1.165, 1.54) is 31.8 Å². The average molecular weight is 267 g/mol. The Kier molecular flexibility index (Phi) is 3.53. The lowest BCUT2D eigenvalue weighted by Gasteiger charge is -2.05. The smallest absolute Gasteiger partial charge is 0.337 e. The quantitative estimate of drug-likeness (QED) is 0.784. The van der Waals surface area contributed by atoms with Gasteiger partial charge in [-0.2, -0.15) is 0 Å². The number of esters is 1. The maximum Gasteiger partial charge on any atom is 0.337 e. The maximum absolute atomic E-state index is 13.4. The van der Waals surface area contributed by atoms with Crippen molar-refractivity contribution in [3.63, 3.8) is 0 Å². The molecular formula is C12H8ClFN2O2. The predicted molar refractivity (Wildman–Crippen MR) is 63.8 cm³/mol. The molecule has 0 radical (unpaired) electrons. The van der Waals surface area contributed by atoms with Crippen molar-refractivity contribution in [3.05, 3.63) is 47.1 Å². The number of ether oxygens (including phenoxy) is 1. The third kappa shape index (κ3) is 2.46. The van der Waals surface area contributed by atoms with Crippen LogP contribution < -0.4 is 0 Å². The Balaban J connectivity index is 2.55. The summed E-state index contributed by atoms with van der Waals surface area (Å²) >= 11 is 5.91. The lowest BCUT2D eigenvalue weighted by atomic mass is 10.1. The van der Waals surface area contributed by atoms with E-state index in [2.05, 4.69) is 14.7 Å². The maximum atomic E-state index is 13.4. The summed E-state index contributed by atoms with van der Waals surface area (Å²) in [5.74, 6) is -1.19. The molecule has 0 aliphatic carbocycles. The Morgan fingerprint density at radius 3 is 2.83 bits per heavy atom. The number of benzene rings is 1. The van der Waals surface area contributed by atoms with Gasteiger partial charge in [0, 0.05) is 11.8 Å². The molecule has 92 valence electrons. The first kappa shape index (κ1) is 12.4. The number of carbonyl (C=O) groups excluding carboxylic acids is 1. The van der Waals surface area contributed by atoms with E-state index < -0.39 is 11.8 Å². The summed E-state index contributed by atoms with van der Waals surface area (Å²) in [7, 11) is 1.23. The fourth-order valence-corrected chi connectivity index (χ4v) is 1.70. The van der Waals surface area contributed by atoms with Gasteiger partial charge in [0.2, 0.25) is 0 Å². The fourth-order valence-electron chi connectivity index (χ4n) is 1.49. The summed E-state index contributed by atoms with van der Waals surface area (Å²) in [6.45, 7) is 0. The van der Waals surface area contributed by atoms with E-state index in [9.17, 15) is 9.18 Å². The van der Waals surface area contributed by atoms with Crippen LogP contribution in [-0.4, -0.2) is 23.0 Å². The highest BCUT2D eigenvalue weighted by atomic mass is 35.5. The van der Waals surface area contributed by atoms with Crippen molar-refractivity contribution in [1.82, 2.24) is 9.97 Å². The van der Waals surface area contributed by atoms with Gasteiger partial charge in [-0.25, -0.2) is 19.2 Å². The second-order valence-corrected chi connectivity index (χ2v) is 3.85. The minimum Gasteiger partial charge on any atom is -0.465 e. The van der Waals surface area contributed by atoms with E-state index in [4.69, 9.17) is 11.6 Å². The van der Waals surface area contributed by atoms with Gasteiger partial charge in [0.1, 0.15) is 12.1 Å². The highest BCUT2D eigenvalue weighted by molar-refractivity contribution is 6.32. The number of halogens is 2. The molecule has 1 heterocycles. The van der Waals surface area contributed by atoms with Gasteiger partial charge in [-0.1, -0.05) is 11.6 Å². The number of methoxy groups -OCH3 is 1. The van der Waals surface area contributed by atoms with Gasteiger partial charge in [-0.15, -0.1) is 0 Å². The largest absolute Gasteiger partial charge is 0.465 e. The molecule has 6 heteroatoms. The van der Waals surface area contributed by atoms with Crippen LogP contribution in [0.5, 0.6) is 0 Å². The lowest BCUT2D eigenvalue weighted by molar-refractivity contribution is 0.0600. The molecular weight excluding hydrogens is 259 g/mol. The monoisotopic (exact) mass is 266 g/mol. The Morgan fingerprint density at radius 2 is 2.17 bits per heavy atom. The van der Waals surface area contributed by atoms with E-state index in [1.807, 2.05) is 0 Å². The summed E-state index contributed by atoms with van der Waals surface area (Å²) in [5, 5.41) is 0.277.